The van der Waals surface area contributed by atoms with Crippen LogP contribution in [0.3, 0.4) is 0 Å². The minimum Gasteiger partial charge on any atom is -0.297 e. The molecule has 0 spiro atoms. The maximum absolute atomic E-state index is 4.68. The Morgan fingerprint density at radius 1 is 1.00 bits per heavy atom. The average molecular weight is 361 g/mol. The number of pyridine rings is 1. The molecule has 0 N–H and O–H groups in total. The van der Waals surface area contributed by atoms with Gasteiger partial charge >= 0.3 is 0 Å². The molecule has 4 rings (SSSR count). The lowest BCUT2D eigenvalue weighted by molar-refractivity contribution is 0.263. The largest absolute Gasteiger partial charge is 0.297 e. The molecular formula is C23H28N4. The van der Waals surface area contributed by atoms with Crippen molar-refractivity contribution < 1.29 is 0 Å². The summed E-state index contributed by atoms with van der Waals surface area (Å²) in [5.74, 6) is 0. The summed E-state index contributed by atoms with van der Waals surface area (Å²) in [5.41, 5.74) is 6.99. The molecule has 3 aromatic rings. The van der Waals surface area contributed by atoms with Crippen LogP contribution in [-0.4, -0.2) is 32.8 Å². The number of likely N-dealkylation sites (tertiary alicyclic amines) is 1. The molecule has 0 saturated carbocycles. The topological polar surface area (TPSA) is 34.0 Å². The van der Waals surface area contributed by atoms with Crippen molar-refractivity contribution in [3.05, 3.63) is 71.2 Å². The van der Waals surface area contributed by atoms with E-state index in [0.717, 1.165) is 17.9 Å². The molecule has 27 heavy (non-hydrogen) atoms. The van der Waals surface area contributed by atoms with Gasteiger partial charge in [-0.15, -0.1) is 0 Å². The Morgan fingerprint density at radius 3 is 2.33 bits per heavy atom. The molecule has 0 bridgehead atoms. The Labute approximate surface area is 161 Å². The minimum absolute atomic E-state index is 0.498. The summed E-state index contributed by atoms with van der Waals surface area (Å²) in [5, 5.41) is 4.53. The number of benzene rings is 1. The standard InChI is InChI=1S/C23H28N4/c1-17-14-18(2)27(25-17)16-20-6-11-23(24-15-20)22-9-7-21(8-10-22)19(3)26-12-4-5-13-26/h6-11,14-15,19H,4-5,12-13,16H2,1-3H3. The first-order valence-corrected chi connectivity index (χ1v) is 9.90. The molecule has 140 valence electrons. The van der Waals surface area contributed by atoms with E-state index in [1.165, 1.54) is 48.3 Å². The minimum atomic E-state index is 0.498. The summed E-state index contributed by atoms with van der Waals surface area (Å²) < 4.78 is 2.03. The zero-order valence-electron chi connectivity index (χ0n) is 16.5. The van der Waals surface area contributed by atoms with Crippen molar-refractivity contribution in [1.29, 1.82) is 0 Å². The second-order valence-electron chi connectivity index (χ2n) is 7.68. The Balaban J connectivity index is 1.46. The fraction of sp³-hybridized carbons (Fsp3) is 0.391. The van der Waals surface area contributed by atoms with Crippen LogP contribution < -0.4 is 0 Å². The maximum atomic E-state index is 4.68. The molecule has 4 nitrogen and oxygen atoms in total. The molecule has 1 saturated heterocycles. The molecular weight excluding hydrogens is 332 g/mol. The molecule has 1 aliphatic heterocycles. The monoisotopic (exact) mass is 360 g/mol. The zero-order chi connectivity index (χ0) is 18.8. The second kappa shape index (κ2) is 7.65. The van der Waals surface area contributed by atoms with Gasteiger partial charge in [0.05, 0.1) is 17.9 Å². The molecule has 2 aromatic heterocycles. The summed E-state index contributed by atoms with van der Waals surface area (Å²) in [6.45, 7) is 9.64. The Kier molecular flexibility index (Phi) is 5.08. The van der Waals surface area contributed by atoms with Crippen molar-refractivity contribution in [2.75, 3.05) is 13.1 Å². The van der Waals surface area contributed by atoms with Crippen LogP contribution in [0.15, 0.2) is 48.7 Å². The van der Waals surface area contributed by atoms with E-state index in [9.17, 15) is 0 Å². The van der Waals surface area contributed by atoms with Crippen LogP contribution in [0.25, 0.3) is 11.3 Å². The third-order valence-electron chi connectivity index (χ3n) is 5.64. The third kappa shape index (κ3) is 3.96. The molecule has 1 atom stereocenters. The van der Waals surface area contributed by atoms with Crippen molar-refractivity contribution in [3.8, 4) is 11.3 Å². The lowest BCUT2D eigenvalue weighted by atomic mass is 10.0. The normalized spacial score (nSPS) is 16.0. The molecule has 4 heteroatoms. The van der Waals surface area contributed by atoms with Crippen LogP contribution in [0.2, 0.25) is 0 Å². The van der Waals surface area contributed by atoms with Crippen LogP contribution in [0, 0.1) is 13.8 Å². The van der Waals surface area contributed by atoms with Gasteiger partial charge in [-0.25, -0.2) is 0 Å². The summed E-state index contributed by atoms with van der Waals surface area (Å²) >= 11 is 0. The molecule has 0 aliphatic carbocycles. The van der Waals surface area contributed by atoms with Gasteiger partial charge in [-0.3, -0.25) is 14.6 Å². The van der Waals surface area contributed by atoms with Crippen LogP contribution in [0.1, 0.15) is 48.3 Å². The predicted octanol–water partition coefficient (Wildman–Crippen LogP) is 4.77. The fourth-order valence-corrected chi connectivity index (χ4v) is 3.97. The Bertz CT molecular complexity index is 887. The smallest absolute Gasteiger partial charge is 0.0702 e. The highest BCUT2D eigenvalue weighted by atomic mass is 15.3. The highest BCUT2D eigenvalue weighted by molar-refractivity contribution is 5.59. The van der Waals surface area contributed by atoms with Gasteiger partial charge in [0, 0.05) is 23.5 Å². The van der Waals surface area contributed by atoms with Gasteiger partial charge in [-0.1, -0.05) is 30.3 Å². The number of aromatic nitrogens is 3. The van der Waals surface area contributed by atoms with Crippen LogP contribution in [0.4, 0.5) is 0 Å². The number of hydrogen-bond donors (Lipinski definition) is 0. The van der Waals surface area contributed by atoms with E-state index < -0.39 is 0 Å². The SMILES string of the molecule is Cc1cc(C)n(Cc2ccc(-c3ccc(C(C)N4CCCC4)cc3)nc2)n1. The summed E-state index contributed by atoms with van der Waals surface area (Å²) in [4.78, 5) is 7.25. The van der Waals surface area contributed by atoms with Crippen molar-refractivity contribution >= 4 is 0 Å². The van der Waals surface area contributed by atoms with E-state index >= 15 is 0 Å². The molecule has 0 radical (unpaired) electrons. The van der Waals surface area contributed by atoms with E-state index in [2.05, 4.69) is 71.3 Å². The van der Waals surface area contributed by atoms with E-state index in [1.54, 1.807) is 0 Å². The van der Waals surface area contributed by atoms with Gasteiger partial charge in [-0.2, -0.15) is 5.10 Å². The van der Waals surface area contributed by atoms with E-state index in [0.29, 0.717) is 6.04 Å². The lowest BCUT2D eigenvalue weighted by Gasteiger charge is -2.24. The molecule has 3 heterocycles. The molecule has 1 fully saturated rings. The van der Waals surface area contributed by atoms with Crippen LogP contribution in [0.5, 0.6) is 0 Å². The van der Waals surface area contributed by atoms with Gasteiger partial charge in [0.25, 0.3) is 0 Å². The van der Waals surface area contributed by atoms with E-state index in [-0.39, 0.29) is 0 Å². The van der Waals surface area contributed by atoms with Crippen molar-refractivity contribution in [3.63, 3.8) is 0 Å². The zero-order valence-corrected chi connectivity index (χ0v) is 16.5. The molecule has 0 amide bonds. The molecule has 1 aliphatic rings. The van der Waals surface area contributed by atoms with Gasteiger partial charge in [-0.05, 0) is 70.0 Å². The highest BCUT2D eigenvalue weighted by Gasteiger charge is 2.19. The summed E-state index contributed by atoms with van der Waals surface area (Å²) in [7, 11) is 0. The van der Waals surface area contributed by atoms with Gasteiger partial charge in [0.1, 0.15) is 0 Å². The first-order chi connectivity index (χ1) is 13.1. The quantitative estimate of drug-likeness (QED) is 0.657. The van der Waals surface area contributed by atoms with E-state index in [4.69, 9.17) is 0 Å². The average Bonchev–Trinajstić information content (AvgIpc) is 3.32. The van der Waals surface area contributed by atoms with Crippen molar-refractivity contribution in [2.45, 2.75) is 46.2 Å². The molecule has 1 aromatic carbocycles. The number of aryl methyl sites for hydroxylation is 2. The third-order valence-corrected chi connectivity index (χ3v) is 5.64. The van der Waals surface area contributed by atoms with Crippen LogP contribution in [-0.2, 0) is 6.54 Å². The van der Waals surface area contributed by atoms with Crippen molar-refractivity contribution in [1.82, 2.24) is 19.7 Å². The second-order valence-corrected chi connectivity index (χ2v) is 7.68. The van der Waals surface area contributed by atoms with Gasteiger partial charge in [0.15, 0.2) is 0 Å². The summed E-state index contributed by atoms with van der Waals surface area (Å²) in [6.07, 6.45) is 4.62. The van der Waals surface area contributed by atoms with E-state index in [1.807, 2.05) is 17.8 Å². The number of nitrogens with zero attached hydrogens (tertiary/aromatic N) is 4. The first kappa shape index (κ1) is 17.9. The van der Waals surface area contributed by atoms with Crippen molar-refractivity contribution in [2.24, 2.45) is 0 Å². The van der Waals surface area contributed by atoms with Gasteiger partial charge < -0.3 is 0 Å². The van der Waals surface area contributed by atoms with Crippen LogP contribution >= 0.6 is 0 Å². The maximum Gasteiger partial charge on any atom is 0.0702 e. The Morgan fingerprint density at radius 2 is 1.74 bits per heavy atom. The number of rotatable bonds is 5. The fourth-order valence-electron chi connectivity index (χ4n) is 3.97. The van der Waals surface area contributed by atoms with Gasteiger partial charge in [0.2, 0.25) is 0 Å². The highest BCUT2D eigenvalue weighted by Crippen LogP contribution is 2.26. The molecule has 1 unspecified atom stereocenters. The Hall–Kier alpha value is -2.46. The number of hydrogen-bond acceptors (Lipinski definition) is 3. The lowest BCUT2D eigenvalue weighted by Crippen LogP contribution is -2.23. The summed E-state index contributed by atoms with van der Waals surface area (Å²) in [6, 6.07) is 15.8. The first-order valence-electron chi connectivity index (χ1n) is 9.90. The predicted molar refractivity (Wildman–Crippen MR) is 110 cm³/mol.